The lowest BCUT2D eigenvalue weighted by molar-refractivity contribution is 0.288. The van der Waals surface area contributed by atoms with E-state index in [9.17, 15) is 8.42 Å². The van der Waals surface area contributed by atoms with Crippen molar-refractivity contribution >= 4 is 15.7 Å². The second-order valence-corrected chi connectivity index (χ2v) is 4.26. The van der Waals surface area contributed by atoms with Crippen LogP contribution in [0, 0.1) is 0 Å². The maximum absolute atomic E-state index is 11.3. The highest BCUT2D eigenvalue weighted by molar-refractivity contribution is 7.89. The maximum atomic E-state index is 11.3. The van der Waals surface area contributed by atoms with E-state index in [1.807, 2.05) is 4.72 Å². The molecule has 0 fully saturated rings. The third-order valence-electron chi connectivity index (χ3n) is 1.56. The monoisotopic (exact) mass is 228 g/mol. The molecule has 0 unspecified atom stereocenters. The molecule has 1 aromatic rings. The summed E-state index contributed by atoms with van der Waals surface area (Å²) in [6.45, 7) is -0.666. The molecule has 0 radical (unpaired) electrons. The van der Waals surface area contributed by atoms with Crippen LogP contribution in [0.5, 0.6) is 0 Å². The second-order valence-electron chi connectivity index (χ2n) is 2.49. The van der Waals surface area contributed by atoms with Crippen molar-refractivity contribution in [1.29, 1.82) is 0 Å². The van der Waals surface area contributed by atoms with Crippen molar-refractivity contribution in [3.05, 3.63) is 34.7 Å². The Morgan fingerprint density at radius 1 is 1.40 bits per heavy atom. The van der Waals surface area contributed by atoms with Crippen LogP contribution < -0.4 is 4.72 Å². The zero-order chi connectivity index (χ0) is 11.3. The average molecular weight is 228 g/mol. The summed E-state index contributed by atoms with van der Waals surface area (Å²) in [6, 6.07) is 5.29. The number of nitrogens with zero attached hydrogens (tertiary/aromatic N) is 3. The van der Waals surface area contributed by atoms with Gasteiger partial charge in [0.25, 0.3) is 0 Å². The fourth-order valence-corrected chi connectivity index (χ4v) is 1.74. The third-order valence-corrected chi connectivity index (χ3v) is 2.96. The number of benzene rings is 1. The molecule has 0 spiro atoms. The predicted octanol–water partition coefficient (Wildman–Crippen LogP) is 0.857. The molecule has 8 heteroatoms. The van der Waals surface area contributed by atoms with Crippen LogP contribution in [-0.2, 0) is 10.0 Å². The Balaban J connectivity index is 3.03. The van der Waals surface area contributed by atoms with Gasteiger partial charge in [-0.3, -0.25) is 0 Å². The van der Waals surface area contributed by atoms with Crippen LogP contribution >= 0.6 is 0 Å². The quantitative estimate of drug-likeness (QED) is 0.344. The fraction of sp³-hybridized carbons (Fsp3) is 0.143. The van der Waals surface area contributed by atoms with Crippen molar-refractivity contribution in [2.24, 2.45) is 5.11 Å². The molecule has 1 aromatic carbocycles. The van der Waals surface area contributed by atoms with E-state index >= 15 is 0 Å². The van der Waals surface area contributed by atoms with Gasteiger partial charge >= 0.3 is 0 Å². The number of aliphatic hydroxyl groups excluding tert-OH is 1. The Morgan fingerprint density at radius 3 is 2.47 bits per heavy atom. The van der Waals surface area contributed by atoms with Gasteiger partial charge in [0.05, 0.1) is 4.90 Å². The van der Waals surface area contributed by atoms with Crippen molar-refractivity contribution < 1.29 is 13.5 Å². The number of nitrogens with one attached hydrogen (secondary N) is 1. The summed E-state index contributed by atoms with van der Waals surface area (Å²) in [5, 5.41) is 11.7. The molecule has 0 atom stereocenters. The molecule has 0 heterocycles. The van der Waals surface area contributed by atoms with E-state index in [4.69, 9.17) is 10.6 Å². The molecule has 0 bridgehead atoms. The summed E-state index contributed by atoms with van der Waals surface area (Å²) in [4.78, 5) is 2.55. The Kier molecular flexibility index (Phi) is 3.64. The van der Waals surface area contributed by atoms with E-state index in [0.717, 1.165) is 0 Å². The summed E-state index contributed by atoms with van der Waals surface area (Å²) in [5.41, 5.74) is 8.45. The molecule has 15 heavy (non-hydrogen) atoms. The van der Waals surface area contributed by atoms with Crippen molar-refractivity contribution in [3.63, 3.8) is 0 Å². The molecule has 1 rings (SSSR count). The van der Waals surface area contributed by atoms with Crippen LogP contribution in [0.1, 0.15) is 0 Å². The molecule has 2 N–H and O–H groups in total. The van der Waals surface area contributed by atoms with Crippen LogP contribution in [0.15, 0.2) is 34.3 Å². The summed E-state index contributed by atoms with van der Waals surface area (Å²) in [5.74, 6) is 0. The first-order valence-electron chi connectivity index (χ1n) is 3.86. The Hall–Kier alpha value is -1.60. The lowest BCUT2D eigenvalue weighted by atomic mass is 10.3. The first-order chi connectivity index (χ1) is 7.10. The van der Waals surface area contributed by atoms with E-state index in [2.05, 4.69) is 10.0 Å². The summed E-state index contributed by atoms with van der Waals surface area (Å²) >= 11 is 0. The van der Waals surface area contributed by atoms with Gasteiger partial charge in [0.2, 0.25) is 10.0 Å². The van der Waals surface area contributed by atoms with Gasteiger partial charge in [0.1, 0.15) is 6.73 Å². The molecular formula is C7H8N4O3S. The standard InChI is InChI=1S/C7H8N4O3S/c8-11-10-6-1-3-7(4-2-6)15(13,14)9-5-12/h1-4,9,12H,5H2. The van der Waals surface area contributed by atoms with Gasteiger partial charge in [-0.1, -0.05) is 17.2 Å². The lowest BCUT2D eigenvalue weighted by Crippen LogP contribution is -2.24. The second kappa shape index (κ2) is 4.76. The number of azide groups is 1. The average Bonchev–Trinajstić information content (AvgIpc) is 2.19. The van der Waals surface area contributed by atoms with Crippen molar-refractivity contribution in [1.82, 2.24) is 4.72 Å². The normalized spacial score (nSPS) is 10.7. The molecule has 7 nitrogen and oxygen atoms in total. The summed E-state index contributed by atoms with van der Waals surface area (Å²) < 4.78 is 24.6. The van der Waals surface area contributed by atoms with Gasteiger partial charge in [-0.15, -0.1) is 0 Å². The summed E-state index contributed by atoms with van der Waals surface area (Å²) in [7, 11) is -3.68. The zero-order valence-electron chi connectivity index (χ0n) is 7.53. The van der Waals surface area contributed by atoms with Crippen LogP contribution in [-0.4, -0.2) is 20.3 Å². The Bertz CT molecular complexity index is 475. The Morgan fingerprint density at radius 2 is 2.00 bits per heavy atom. The van der Waals surface area contributed by atoms with E-state index in [-0.39, 0.29) is 4.90 Å². The van der Waals surface area contributed by atoms with Crippen molar-refractivity contribution in [2.45, 2.75) is 4.90 Å². The zero-order valence-corrected chi connectivity index (χ0v) is 8.35. The Labute approximate surface area is 86.0 Å². The molecule has 0 amide bonds. The van der Waals surface area contributed by atoms with Crippen LogP contribution in [0.4, 0.5) is 5.69 Å². The van der Waals surface area contributed by atoms with E-state index in [0.29, 0.717) is 5.69 Å². The molecule has 0 aliphatic heterocycles. The van der Waals surface area contributed by atoms with Gasteiger partial charge in [0.15, 0.2) is 0 Å². The van der Waals surface area contributed by atoms with Gasteiger partial charge < -0.3 is 5.11 Å². The minimum absolute atomic E-state index is 0.00607. The highest BCUT2D eigenvalue weighted by Crippen LogP contribution is 2.16. The largest absolute Gasteiger partial charge is 0.380 e. The minimum Gasteiger partial charge on any atom is -0.380 e. The maximum Gasteiger partial charge on any atom is 0.242 e. The molecule has 80 valence electrons. The molecule has 0 saturated carbocycles. The van der Waals surface area contributed by atoms with Gasteiger partial charge in [-0.05, 0) is 17.7 Å². The van der Waals surface area contributed by atoms with Crippen molar-refractivity contribution in [2.75, 3.05) is 6.73 Å². The number of rotatable bonds is 4. The number of hydrogen-bond donors (Lipinski definition) is 2. The predicted molar refractivity (Wildman–Crippen MR) is 52.7 cm³/mol. The molecular weight excluding hydrogens is 220 g/mol. The lowest BCUT2D eigenvalue weighted by Gasteiger charge is -2.03. The topological polar surface area (TPSA) is 115 Å². The number of aliphatic hydroxyl groups is 1. The van der Waals surface area contributed by atoms with E-state index in [1.165, 1.54) is 24.3 Å². The molecule has 0 aromatic heterocycles. The van der Waals surface area contributed by atoms with E-state index in [1.54, 1.807) is 0 Å². The molecule has 0 aliphatic rings. The minimum atomic E-state index is -3.68. The number of hydrogen-bond acceptors (Lipinski definition) is 4. The van der Waals surface area contributed by atoms with Crippen LogP contribution in [0.25, 0.3) is 10.4 Å². The molecule has 0 saturated heterocycles. The fourth-order valence-electron chi connectivity index (χ4n) is 0.912. The first-order valence-corrected chi connectivity index (χ1v) is 5.34. The number of sulfonamides is 1. The highest BCUT2D eigenvalue weighted by Gasteiger charge is 2.11. The summed E-state index contributed by atoms with van der Waals surface area (Å²) in [6.07, 6.45) is 0. The van der Waals surface area contributed by atoms with Gasteiger partial charge in [-0.25, -0.2) is 8.42 Å². The molecule has 0 aliphatic carbocycles. The van der Waals surface area contributed by atoms with Crippen LogP contribution in [0.3, 0.4) is 0 Å². The van der Waals surface area contributed by atoms with E-state index < -0.39 is 16.8 Å². The highest BCUT2D eigenvalue weighted by atomic mass is 32.2. The van der Waals surface area contributed by atoms with Crippen LogP contribution in [0.2, 0.25) is 0 Å². The van der Waals surface area contributed by atoms with Gasteiger partial charge in [-0.2, -0.15) is 4.72 Å². The SMILES string of the molecule is [N-]=[N+]=Nc1ccc(S(=O)(=O)NCO)cc1. The van der Waals surface area contributed by atoms with Crippen molar-refractivity contribution in [3.8, 4) is 0 Å². The van der Waals surface area contributed by atoms with Gasteiger partial charge in [0, 0.05) is 10.6 Å². The smallest absolute Gasteiger partial charge is 0.242 e. The first kappa shape index (κ1) is 11.5. The third kappa shape index (κ3) is 2.93.